The van der Waals surface area contributed by atoms with Crippen LogP contribution in [0.15, 0.2) is 0 Å². The molecule has 0 heterocycles. The minimum absolute atomic E-state index is 0.507. The van der Waals surface area contributed by atoms with Gasteiger partial charge in [-0.05, 0) is 54.4 Å². The Labute approximate surface area is 114 Å². The minimum Gasteiger partial charge on any atom is -0.316 e. The molecule has 0 aromatic carbocycles. The van der Waals surface area contributed by atoms with Crippen molar-refractivity contribution >= 4 is 0 Å². The van der Waals surface area contributed by atoms with Gasteiger partial charge in [0.2, 0.25) is 0 Å². The van der Waals surface area contributed by atoms with Crippen LogP contribution in [0.25, 0.3) is 0 Å². The third-order valence-electron chi connectivity index (χ3n) is 6.97. The lowest BCUT2D eigenvalue weighted by Crippen LogP contribution is -2.41. The second-order valence-electron chi connectivity index (χ2n) is 8.26. The van der Waals surface area contributed by atoms with Crippen molar-refractivity contribution in [3.8, 4) is 0 Å². The van der Waals surface area contributed by atoms with Gasteiger partial charge in [-0.15, -0.1) is 0 Å². The second-order valence-corrected chi connectivity index (χ2v) is 8.26. The summed E-state index contributed by atoms with van der Waals surface area (Å²) in [6, 6.07) is 0.727. The SMILES string of the molecule is CNC(C1CCC(C)C(C)C1)C1C(C)(C)C1(C)C. The molecule has 18 heavy (non-hydrogen) atoms. The molecule has 2 fully saturated rings. The zero-order valence-electron chi connectivity index (χ0n) is 13.5. The molecule has 2 rings (SSSR count). The van der Waals surface area contributed by atoms with E-state index in [4.69, 9.17) is 0 Å². The molecule has 106 valence electrons. The van der Waals surface area contributed by atoms with Crippen LogP contribution >= 0.6 is 0 Å². The van der Waals surface area contributed by atoms with Gasteiger partial charge in [0.05, 0.1) is 0 Å². The number of hydrogen-bond donors (Lipinski definition) is 1. The van der Waals surface area contributed by atoms with Gasteiger partial charge in [-0.3, -0.25) is 0 Å². The van der Waals surface area contributed by atoms with E-state index in [1.807, 2.05) is 0 Å². The lowest BCUT2D eigenvalue weighted by molar-refractivity contribution is 0.155. The Morgan fingerprint density at radius 3 is 1.89 bits per heavy atom. The van der Waals surface area contributed by atoms with Crippen molar-refractivity contribution in [3.05, 3.63) is 0 Å². The predicted octanol–water partition coefficient (Wildman–Crippen LogP) is 4.33. The highest BCUT2D eigenvalue weighted by Gasteiger charge is 2.67. The normalized spacial score (nSPS) is 40.5. The van der Waals surface area contributed by atoms with Crippen molar-refractivity contribution in [2.75, 3.05) is 7.05 Å². The summed E-state index contributed by atoms with van der Waals surface area (Å²) < 4.78 is 0. The number of rotatable bonds is 3. The largest absolute Gasteiger partial charge is 0.316 e. The monoisotopic (exact) mass is 251 g/mol. The van der Waals surface area contributed by atoms with E-state index < -0.39 is 0 Å². The third-order valence-corrected chi connectivity index (χ3v) is 6.97. The van der Waals surface area contributed by atoms with Gasteiger partial charge in [0.1, 0.15) is 0 Å². The quantitative estimate of drug-likeness (QED) is 0.787. The molecule has 0 aromatic rings. The molecular formula is C17H33N. The predicted molar refractivity (Wildman–Crippen MR) is 79.6 cm³/mol. The highest BCUT2D eigenvalue weighted by atomic mass is 14.9. The summed E-state index contributed by atoms with van der Waals surface area (Å²) in [5.74, 6) is 3.58. The Kier molecular flexibility index (Phi) is 3.60. The molecule has 0 aromatic heterocycles. The maximum atomic E-state index is 3.68. The Morgan fingerprint density at radius 2 is 1.50 bits per heavy atom. The number of nitrogens with one attached hydrogen (secondary N) is 1. The molecule has 0 bridgehead atoms. The first kappa shape index (κ1) is 14.4. The van der Waals surface area contributed by atoms with E-state index in [1.54, 1.807) is 0 Å². The van der Waals surface area contributed by atoms with Gasteiger partial charge in [0.25, 0.3) is 0 Å². The van der Waals surface area contributed by atoms with Crippen LogP contribution in [-0.4, -0.2) is 13.1 Å². The van der Waals surface area contributed by atoms with Crippen molar-refractivity contribution in [2.45, 2.75) is 66.8 Å². The van der Waals surface area contributed by atoms with E-state index >= 15 is 0 Å². The van der Waals surface area contributed by atoms with Gasteiger partial charge in [0, 0.05) is 6.04 Å². The molecule has 1 N–H and O–H groups in total. The summed E-state index contributed by atoms with van der Waals surface area (Å²) in [4.78, 5) is 0. The summed E-state index contributed by atoms with van der Waals surface area (Å²) in [6.45, 7) is 14.7. The van der Waals surface area contributed by atoms with Gasteiger partial charge >= 0.3 is 0 Å². The van der Waals surface area contributed by atoms with Crippen molar-refractivity contribution in [1.29, 1.82) is 0 Å². The summed E-state index contributed by atoms with van der Waals surface area (Å²) >= 11 is 0. The Hall–Kier alpha value is -0.0400. The summed E-state index contributed by atoms with van der Waals surface area (Å²) in [5.41, 5.74) is 1.01. The Balaban J connectivity index is 2.07. The van der Waals surface area contributed by atoms with E-state index in [1.165, 1.54) is 19.3 Å². The molecule has 4 unspecified atom stereocenters. The molecule has 2 aliphatic carbocycles. The average Bonchev–Trinajstić information content (AvgIpc) is 2.67. The molecule has 0 radical (unpaired) electrons. The molecule has 0 amide bonds. The fourth-order valence-electron chi connectivity index (χ4n) is 4.74. The highest BCUT2D eigenvalue weighted by molar-refractivity contribution is 5.17. The van der Waals surface area contributed by atoms with Crippen LogP contribution in [-0.2, 0) is 0 Å². The van der Waals surface area contributed by atoms with Crippen LogP contribution in [0.5, 0.6) is 0 Å². The van der Waals surface area contributed by atoms with Crippen LogP contribution in [0.2, 0.25) is 0 Å². The van der Waals surface area contributed by atoms with Crippen LogP contribution in [0.3, 0.4) is 0 Å². The zero-order chi connectivity index (χ0) is 13.7. The zero-order valence-corrected chi connectivity index (χ0v) is 13.5. The van der Waals surface area contributed by atoms with Gasteiger partial charge in [-0.1, -0.05) is 48.0 Å². The Bertz CT molecular complexity index is 291. The first-order valence-corrected chi connectivity index (χ1v) is 7.90. The lowest BCUT2D eigenvalue weighted by atomic mass is 9.71. The van der Waals surface area contributed by atoms with Crippen LogP contribution in [0.4, 0.5) is 0 Å². The molecule has 2 saturated carbocycles. The molecule has 0 spiro atoms. The standard InChI is InChI=1S/C17H33N/c1-11-8-9-13(10-12(11)2)14(18-7)15-16(3,4)17(15,5)6/h11-15,18H,8-10H2,1-7H3. The summed E-state index contributed by atoms with van der Waals surface area (Å²) in [7, 11) is 2.18. The third kappa shape index (κ3) is 2.03. The average molecular weight is 251 g/mol. The van der Waals surface area contributed by atoms with Crippen molar-refractivity contribution < 1.29 is 0 Å². The van der Waals surface area contributed by atoms with Crippen LogP contribution < -0.4 is 5.32 Å². The first-order valence-electron chi connectivity index (χ1n) is 7.90. The van der Waals surface area contributed by atoms with Crippen LogP contribution in [0.1, 0.15) is 60.8 Å². The molecule has 1 nitrogen and oxygen atoms in total. The van der Waals surface area contributed by atoms with Gasteiger partial charge in [0.15, 0.2) is 0 Å². The van der Waals surface area contributed by atoms with Crippen molar-refractivity contribution in [2.24, 2.45) is 34.5 Å². The van der Waals surface area contributed by atoms with Crippen LogP contribution in [0, 0.1) is 34.5 Å². The summed E-state index contributed by atoms with van der Waals surface area (Å²) in [6.07, 6.45) is 4.28. The lowest BCUT2D eigenvalue weighted by Gasteiger charge is -2.37. The van der Waals surface area contributed by atoms with Crippen molar-refractivity contribution in [1.82, 2.24) is 5.32 Å². The van der Waals surface area contributed by atoms with E-state index in [2.05, 4.69) is 53.9 Å². The van der Waals surface area contributed by atoms with Gasteiger partial charge in [-0.25, -0.2) is 0 Å². The van der Waals surface area contributed by atoms with E-state index in [9.17, 15) is 0 Å². The Morgan fingerprint density at radius 1 is 0.944 bits per heavy atom. The fourth-order valence-corrected chi connectivity index (χ4v) is 4.74. The molecule has 0 saturated heterocycles. The topological polar surface area (TPSA) is 12.0 Å². The van der Waals surface area contributed by atoms with E-state index in [0.29, 0.717) is 10.8 Å². The molecular weight excluding hydrogens is 218 g/mol. The molecule has 0 aliphatic heterocycles. The fraction of sp³-hybridized carbons (Fsp3) is 1.00. The van der Waals surface area contributed by atoms with E-state index in [0.717, 1.165) is 29.7 Å². The maximum absolute atomic E-state index is 3.68. The molecule has 4 atom stereocenters. The summed E-state index contributed by atoms with van der Waals surface area (Å²) in [5, 5.41) is 3.68. The minimum atomic E-state index is 0.507. The highest BCUT2D eigenvalue weighted by Crippen LogP contribution is 2.70. The molecule has 1 heteroatoms. The second kappa shape index (κ2) is 4.51. The van der Waals surface area contributed by atoms with Crippen molar-refractivity contribution in [3.63, 3.8) is 0 Å². The smallest absolute Gasteiger partial charge is 0.0131 e. The van der Waals surface area contributed by atoms with Gasteiger partial charge < -0.3 is 5.32 Å². The van der Waals surface area contributed by atoms with E-state index in [-0.39, 0.29) is 0 Å². The number of hydrogen-bond acceptors (Lipinski definition) is 1. The molecule has 2 aliphatic rings. The first-order chi connectivity index (χ1) is 8.23. The maximum Gasteiger partial charge on any atom is 0.0131 e. The van der Waals surface area contributed by atoms with Gasteiger partial charge in [-0.2, -0.15) is 0 Å².